The van der Waals surface area contributed by atoms with Crippen LogP contribution in [0.4, 0.5) is 0 Å². The van der Waals surface area contributed by atoms with Crippen LogP contribution in [0.25, 0.3) is 15.8 Å². The number of hydrogen-bond acceptors (Lipinski definition) is 7. The second-order valence-electron chi connectivity index (χ2n) is 6.70. The van der Waals surface area contributed by atoms with E-state index in [-0.39, 0.29) is 30.2 Å². The Morgan fingerprint density at radius 1 is 1.13 bits per heavy atom. The average molecular weight is 425 g/mol. The van der Waals surface area contributed by atoms with E-state index >= 15 is 0 Å². The fourth-order valence-corrected chi connectivity index (χ4v) is 3.79. The fraction of sp³-hybridized carbons (Fsp3) is 0.263. The third-order valence-corrected chi connectivity index (χ3v) is 5.58. The minimum atomic E-state index is -0.806. The van der Waals surface area contributed by atoms with Crippen molar-refractivity contribution in [1.29, 1.82) is 0 Å². The van der Waals surface area contributed by atoms with Gasteiger partial charge in [0.2, 0.25) is 5.91 Å². The summed E-state index contributed by atoms with van der Waals surface area (Å²) in [6.07, 6.45) is 0. The van der Waals surface area contributed by atoms with Gasteiger partial charge in [0, 0.05) is 11.9 Å². The van der Waals surface area contributed by atoms with Crippen LogP contribution >= 0.6 is 11.3 Å². The lowest BCUT2D eigenvalue weighted by atomic mass is 10.1. The molecular weight excluding hydrogens is 406 g/mol. The molecule has 0 bridgehead atoms. The van der Waals surface area contributed by atoms with Crippen molar-refractivity contribution in [3.05, 3.63) is 68.3 Å². The molecule has 1 aromatic carbocycles. The lowest BCUT2D eigenvalue weighted by Gasteiger charge is -2.15. The van der Waals surface area contributed by atoms with Gasteiger partial charge in [0.1, 0.15) is 11.0 Å². The van der Waals surface area contributed by atoms with Crippen LogP contribution in [-0.4, -0.2) is 42.0 Å². The van der Waals surface area contributed by atoms with Gasteiger partial charge in [-0.05, 0) is 47.9 Å². The number of tetrazole rings is 1. The van der Waals surface area contributed by atoms with Crippen LogP contribution in [0.1, 0.15) is 18.7 Å². The number of aryl methyl sites for hydroxylation is 1. The zero-order chi connectivity index (χ0) is 21.3. The van der Waals surface area contributed by atoms with Crippen LogP contribution in [0.2, 0.25) is 0 Å². The van der Waals surface area contributed by atoms with Crippen molar-refractivity contribution in [3.63, 3.8) is 0 Å². The molecular formula is C19H19N7O3S. The van der Waals surface area contributed by atoms with E-state index in [1.165, 1.54) is 25.4 Å². The van der Waals surface area contributed by atoms with Crippen LogP contribution in [-0.2, 0) is 11.3 Å². The number of rotatable bonds is 6. The lowest BCUT2D eigenvalue weighted by Crippen LogP contribution is -2.39. The van der Waals surface area contributed by atoms with Crippen LogP contribution in [0.3, 0.4) is 0 Å². The molecule has 0 fully saturated rings. The largest absolute Gasteiger partial charge is 0.369 e. The molecule has 0 unspecified atom stereocenters. The van der Waals surface area contributed by atoms with Crippen molar-refractivity contribution in [1.82, 2.24) is 34.9 Å². The highest BCUT2D eigenvalue weighted by Gasteiger charge is 2.19. The number of carbonyl (C=O) groups excluding carboxylic acids is 1. The van der Waals surface area contributed by atoms with Gasteiger partial charge in [0.15, 0.2) is 0 Å². The standard InChI is InChI=1S/C19H19N7O3S/c1-12-14-6-3-4-7-15(14)18(28)25(21-12)13(2)17(27)20-9-10-24-19(29)26(23-22-24)16-8-5-11-30-16/h3-8,11,13H,9-10H2,1-2H3,(H,20,27)/t13-/m1/s1. The van der Waals surface area contributed by atoms with Crippen molar-refractivity contribution in [2.24, 2.45) is 0 Å². The van der Waals surface area contributed by atoms with Gasteiger partial charge in [-0.3, -0.25) is 9.59 Å². The second-order valence-corrected chi connectivity index (χ2v) is 7.62. The highest BCUT2D eigenvalue weighted by Crippen LogP contribution is 2.14. The summed E-state index contributed by atoms with van der Waals surface area (Å²) in [6, 6.07) is 9.95. The number of thiophene rings is 1. The molecule has 0 aliphatic rings. The van der Waals surface area contributed by atoms with E-state index in [0.29, 0.717) is 16.1 Å². The Morgan fingerprint density at radius 3 is 2.63 bits per heavy atom. The van der Waals surface area contributed by atoms with Gasteiger partial charge in [-0.25, -0.2) is 9.48 Å². The molecule has 0 spiro atoms. The third kappa shape index (κ3) is 3.54. The molecule has 3 heterocycles. The van der Waals surface area contributed by atoms with Crippen LogP contribution in [0.5, 0.6) is 0 Å². The lowest BCUT2D eigenvalue weighted by molar-refractivity contribution is -0.124. The van der Waals surface area contributed by atoms with Crippen LogP contribution in [0.15, 0.2) is 51.4 Å². The number of aromatic nitrogens is 6. The van der Waals surface area contributed by atoms with Crippen molar-refractivity contribution in [2.75, 3.05) is 6.54 Å². The Hall–Kier alpha value is -3.60. The summed E-state index contributed by atoms with van der Waals surface area (Å²) in [5.74, 6) is -0.377. The summed E-state index contributed by atoms with van der Waals surface area (Å²) in [4.78, 5) is 37.7. The summed E-state index contributed by atoms with van der Waals surface area (Å²) >= 11 is 1.38. The van der Waals surface area contributed by atoms with E-state index in [4.69, 9.17) is 0 Å². The molecule has 30 heavy (non-hydrogen) atoms. The molecule has 4 rings (SSSR count). The summed E-state index contributed by atoms with van der Waals surface area (Å²) in [5.41, 5.74) is -0.0432. The number of hydrogen-bond donors (Lipinski definition) is 1. The number of nitrogens with zero attached hydrogens (tertiary/aromatic N) is 6. The van der Waals surface area contributed by atoms with Gasteiger partial charge < -0.3 is 5.32 Å². The summed E-state index contributed by atoms with van der Waals surface area (Å²) in [6.45, 7) is 3.72. The van der Waals surface area contributed by atoms with Gasteiger partial charge >= 0.3 is 5.69 Å². The zero-order valence-corrected chi connectivity index (χ0v) is 17.2. The average Bonchev–Trinajstić information content (AvgIpc) is 3.40. The number of nitrogens with one attached hydrogen (secondary N) is 1. The molecule has 1 N–H and O–H groups in total. The maximum atomic E-state index is 12.7. The van der Waals surface area contributed by atoms with E-state index in [1.807, 2.05) is 23.6 Å². The van der Waals surface area contributed by atoms with Gasteiger partial charge in [0.05, 0.1) is 17.6 Å². The number of amides is 1. The number of fused-ring (bicyclic) bond motifs is 1. The molecule has 1 amide bonds. The van der Waals surface area contributed by atoms with Crippen molar-refractivity contribution >= 4 is 28.0 Å². The summed E-state index contributed by atoms with van der Waals surface area (Å²) < 4.78 is 3.57. The van der Waals surface area contributed by atoms with Crippen molar-refractivity contribution < 1.29 is 4.79 Å². The van der Waals surface area contributed by atoms with Crippen molar-refractivity contribution in [2.45, 2.75) is 26.4 Å². The third-order valence-electron chi connectivity index (χ3n) is 4.74. The van der Waals surface area contributed by atoms with E-state index in [9.17, 15) is 14.4 Å². The Kier molecular flexibility index (Phi) is 5.27. The predicted octanol–water partition coefficient (Wildman–Crippen LogP) is 0.886. The van der Waals surface area contributed by atoms with Crippen molar-refractivity contribution in [3.8, 4) is 5.00 Å². The van der Waals surface area contributed by atoms with E-state index in [1.54, 1.807) is 32.0 Å². The van der Waals surface area contributed by atoms with E-state index in [0.717, 1.165) is 5.39 Å². The summed E-state index contributed by atoms with van der Waals surface area (Å²) in [7, 11) is 0. The van der Waals surface area contributed by atoms with E-state index < -0.39 is 6.04 Å². The minimum Gasteiger partial charge on any atom is -0.352 e. The van der Waals surface area contributed by atoms with Gasteiger partial charge in [-0.1, -0.05) is 18.2 Å². The Morgan fingerprint density at radius 2 is 1.90 bits per heavy atom. The Labute approximate surface area is 174 Å². The normalized spacial score (nSPS) is 12.2. The van der Waals surface area contributed by atoms with Crippen LogP contribution < -0.4 is 16.6 Å². The smallest absolute Gasteiger partial charge is 0.352 e. The first kappa shape index (κ1) is 19.7. The fourth-order valence-electron chi connectivity index (χ4n) is 3.12. The zero-order valence-electron chi connectivity index (χ0n) is 16.3. The molecule has 3 aromatic heterocycles. The number of benzene rings is 1. The maximum absolute atomic E-state index is 12.7. The predicted molar refractivity (Wildman–Crippen MR) is 112 cm³/mol. The highest BCUT2D eigenvalue weighted by molar-refractivity contribution is 7.12. The highest BCUT2D eigenvalue weighted by atomic mass is 32.1. The quantitative estimate of drug-likeness (QED) is 0.490. The maximum Gasteiger partial charge on any atom is 0.369 e. The first-order chi connectivity index (χ1) is 14.5. The molecule has 10 nitrogen and oxygen atoms in total. The van der Waals surface area contributed by atoms with Gasteiger partial charge in [-0.15, -0.1) is 11.3 Å². The monoisotopic (exact) mass is 425 g/mol. The Balaban J connectivity index is 1.45. The topological polar surface area (TPSA) is 117 Å². The summed E-state index contributed by atoms with van der Waals surface area (Å²) in [5, 5.41) is 18.5. The molecule has 0 aliphatic carbocycles. The molecule has 0 aliphatic heterocycles. The molecule has 1 atom stereocenters. The molecule has 0 radical (unpaired) electrons. The SMILES string of the molecule is Cc1nn([C@H](C)C(=O)NCCn2nnn(-c3cccs3)c2=O)c(=O)c2ccccc12. The molecule has 0 saturated heterocycles. The second kappa shape index (κ2) is 8.03. The van der Waals surface area contributed by atoms with E-state index in [2.05, 4.69) is 20.8 Å². The van der Waals surface area contributed by atoms with Crippen LogP contribution in [0, 0.1) is 6.92 Å². The number of carbonyl (C=O) groups is 1. The molecule has 4 aromatic rings. The van der Waals surface area contributed by atoms with Gasteiger partial charge in [0.25, 0.3) is 5.56 Å². The van der Waals surface area contributed by atoms with Gasteiger partial charge in [-0.2, -0.15) is 14.5 Å². The Bertz CT molecular complexity index is 1320. The first-order valence-electron chi connectivity index (χ1n) is 9.30. The minimum absolute atomic E-state index is 0.155. The first-order valence-corrected chi connectivity index (χ1v) is 10.2. The molecule has 0 saturated carbocycles. The molecule has 11 heteroatoms. The molecule has 154 valence electrons.